The predicted octanol–water partition coefficient (Wildman–Crippen LogP) is 7.30. The summed E-state index contributed by atoms with van der Waals surface area (Å²) in [4.78, 5) is 12.3. The van der Waals surface area contributed by atoms with E-state index in [9.17, 15) is 10.1 Å². The number of nitrogens with one attached hydrogen (secondary N) is 1. The molecular formula is C29H23BrN2O2. The van der Waals surface area contributed by atoms with Crippen molar-refractivity contribution in [2.24, 2.45) is 0 Å². The summed E-state index contributed by atoms with van der Waals surface area (Å²) < 4.78 is 6.48. The summed E-state index contributed by atoms with van der Waals surface area (Å²) in [5, 5.41) is 14.8. The van der Waals surface area contributed by atoms with Crippen LogP contribution in [0, 0.1) is 25.2 Å². The number of nitriles is 1. The molecule has 0 heterocycles. The molecule has 1 N–H and O–H groups in total. The SMILES string of the molecule is Cc1cc(Br)c(NC(=O)COc2ccc(/C=C(/C#N)c3cccc4ccccc34)cc2)cc1C. The first-order chi connectivity index (χ1) is 16.4. The number of benzene rings is 4. The Morgan fingerprint density at radius 3 is 2.47 bits per heavy atom. The van der Waals surface area contributed by atoms with Crippen molar-refractivity contribution < 1.29 is 9.53 Å². The molecule has 0 aromatic heterocycles. The number of nitrogens with zero attached hydrogens (tertiary/aromatic N) is 1. The summed E-state index contributed by atoms with van der Waals surface area (Å²) in [5.41, 5.74) is 5.33. The molecule has 0 aliphatic carbocycles. The van der Waals surface area contributed by atoms with Gasteiger partial charge >= 0.3 is 0 Å². The highest BCUT2D eigenvalue weighted by molar-refractivity contribution is 9.10. The van der Waals surface area contributed by atoms with Gasteiger partial charge in [-0.3, -0.25) is 4.79 Å². The first-order valence-electron chi connectivity index (χ1n) is 10.8. The molecule has 0 spiro atoms. The van der Waals surface area contributed by atoms with E-state index in [4.69, 9.17) is 4.74 Å². The van der Waals surface area contributed by atoms with Crippen molar-refractivity contribution in [2.45, 2.75) is 13.8 Å². The van der Waals surface area contributed by atoms with Crippen LogP contribution in [0.1, 0.15) is 22.3 Å². The summed E-state index contributed by atoms with van der Waals surface area (Å²) in [5.74, 6) is 0.339. The minimum atomic E-state index is -0.240. The standard InChI is InChI=1S/C29H23BrN2O2/c1-19-14-27(30)28(15-20(19)2)32-29(33)18-34-24-12-10-21(11-13-24)16-23(17-31)26-9-5-7-22-6-3-4-8-25(22)26/h3-16H,18H2,1-2H3,(H,32,33)/b23-16-. The van der Waals surface area contributed by atoms with Crippen molar-refractivity contribution >= 4 is 49.9 Å². The maximum absolute atomic E-state index is 12.3. The van der Waals surface area contributed by atoms with Crippen LogP contribution in [-0.2, 0) is 4.79 Å². The number of fused-ring (bicyclic) bond motifs is 1. The van der Waals surface area contributed by atoms with Gasteiger partial charge in [-0.15, -0.1) is 0 Å². The maximum atomic E-state index is 12.3. The second kappa shape index (κ2) is 10.4. The highest BCUT2D eigenvalue weighted by Crippen LogP contribution is 2.28. The van der Waals surface area contributed by atoms with Gasteiger partial charge in [0.1, 0.15) is 5.75 Å². The molecule has 4 rings (SSSR count). The number of carbonyl (C=O) groups is 1. The van der Waals surface area contributed by atoms with Crippen LogP contribution in [0.2, 0.25) is 0 Å². The third-order valence-corrected chi connectivity index (χ3v) is 6.27. The molecule has 4 aromatic carbocycles. The molecule has 34 heavy (non-hydrogen) atoms. The van der Waals surface area contributed by atoms with E-state index >= 15 is 0 Å². The Hall–Kier alpha value is -3.88. The quantitative estimate of drug-likeness (QED) is 0.218. The molecule has 0 aliphatic heterocycles. The average Bonchev–Trinajstić information content (AvgIpc) is 2.85. The lowest BCUT2D eigenvalue weighted by Gasteiger charge is -2.11. The summed E-state index contributed by atoms with van der Waals surface area (Å²) in [7, 11) is 0. The van der Waals surface area contributed by atoms with Gasteiger partial charge in [-0.1, -0.05) is 54.6 Å². The smallest absolute Gasteiger partial charge is 0.262 e. The summed E-state index contributed by atoms with van der Waals surface area (Å²) in [6, 6.07) is 27.5. The van der Waals surface area contributed by atoms with Crippen molar-refractivity contribution in [2.75, 3.05) is 11.9 Å². The number of hydrogen-bond donors (Lipinski definition) is 1. The average molecular weight is 511 g/mol. The fraction of sp³-hybridized carbons (Fsp3) is 0.103. The van der Waals surface area contributed by atoms with Crippen LogP contribution in [0.3, 0.4) is 0 Å². The molecule has 0 aliphatic rings. The van der Waals surface area contributed by atoms with Gasteiger partial charge in [0.2, 0.25) is 0 Å². The largest absolute Gasteiger partial charge is 0.484 e. The molecular weight excluding hydrogens is 488 g/mol. The first kappa shape index (κ1) is 23.3. The van der Waals surface area contributed by atoms with Crippen molar-refractivity contribution in [1.82, 2.24) is 0 Å². The van der Waals surface area contributed by atoms with E-state index in [1.165, 1.54) is 0 Å². The van der Waals surface area contributed by atoms with Gasteiger partial charge in [-0.25, -0.2) is 0 Å². The van der Waals surface area contributed by atoms with Gasteiger partial charge in [0.15, 0.2) is 6.61 Å². The minimum Gasteiger partial charge on any atom is -0.484 e. The second-order valence-corrected chi connectivity index (χ2v) is 8.87. The van der Waals surface area contributed by atoms with E-state index in [1.807, 2.05) is 86.7 Å². The van der Waals surface area contributed by atoms with E-state index < -0.39 is 0 Å². The molecule has 0 saturated heterocycles. The lowest BCUT2D eigenvalue weighted by atomic mass is 9.97. The Labute approximate surface area is 207 Å². The molecule has 1 amide bonds. The Balaban J connectivity index is 1.44. The van der Waals surface area contributed by atoms with Crippen LogP contribution in [0.25, 0.3) is 22.4 Å². The lowest BCUT2D eigenvalue weighted by molar-refractivity contribution is -0.118. The fourth-order valence-corrected chi connectivity index (χ4v) is 4.23. The molecule has 0 saturated carbocycles. The number of aryl methyl sites for hydroxylation is 2. The van der Waals surface area contributed by atoms with Gasteiger partial charge in [-0.2, -0.15) is 5.26 Å². The zero-order valence-electron chi connectivity index (χ0n) is 18.9. The zero-order valence-corrected chi connectivity index (χ0v) is 20.5. The third kappa shape index (κ3) is 5.36. The van der Waals surface area contributed by atoms with Gasteiger partial charge < -0.3 is 10.1 Å². The molecule has 0 unspecified atom stereocenters. The van der Waals surface area contributed by atoms with Crippen molar-refractivity contribution in [3.63, 3.8) is 0 Å². The third-order valence-electron chi connectivity index (χ3n) is 5.62. The number of anilines is 1. The highest BCUT2D eigenvalue weighted by atomic mass is 79.9. The number of allylic oxidation sites excluding steroid dienone is 1. The number of halogens is 1. The summed E-state index contributed by atoms with van der Waals surface area (Å²) in [6.07, 6.45) is 1.86. The van der Waals surface area contributed by atoms with E-state index in [0.717, 1.165) is 43.2 Å². The lowest BCUT2D eigenvalue weighted by Crippen LogP contribution is -2.20. The van der Waals surface area contributed by atoms with Gasteiger partial charge in [0, 0.05) is 10.0 Å². The summed E-state index contributed by atoms with van der Waals surface area (Å²) in [6.45, 7) is 3.92. The van der Waals surface area contributed by atoms with E-state index in [0.29, 0.717) is 11.3 Å². The van der Waals surface area contributed by atoms with Crippen molar-refractivity contribution in [3.05, 3.63) is 106 Å². The van der Waals surface area contributed by atoms with Crippen molar-refractivity contribution in [3.8, 4) is 11.8 Å². The minimum absolute atomic E-state index is 0.103. The molecule has 4 aromatic rings. The second-order valence-electron chi connectivity index (χ2n) is 8.02. The van der Waals surface area contributed by atoms with Gasteiger partial charge in [0.05, 0.1) is 17.3 Å². The number of ether oxygens (including phenoxy) is 1. The van der Waals surface area contributed by atoms with Gasteiger partial charge in [-0.05, 0) is 87.6 Å². The Morgan fingerprint density at radius 2 is 1.71 bits per heavy atom. The van der Waals surface area contributed by atoms with Crippen molar-refractivity contribution in [1.29, 1.82) is 5.26 Å². The van der Waals surface area contributed by atoms with Crippen LogP contribution < -0.4 is 10.1 Å². The van der Waals surface area contributed by atoms with E-state index in [-0.39, 0.29) is 12.5 Å². The van der Waals surface area contributed by atoms with Crippen LogP contribution in [0.15, 0.2) is 83.3 Å². The number of carbonyl (C=O) groups excluding carboxylic acids is 1. The molecule has 0 bridgehead atoms. The van der Waals surface area contributed by atoms with E-state index in [2.05, 4.69) is 27.3 Å². The van der Waals surface area contributed by atoms with Crippen LogP contribution in [0.4, 0.5) is 5.69 Å². The Kier molecular flexibility index (Phi) is 7.10. The maximum Gasteiger partial charge on any atom is 0.262 e. The zero-order chi connectivity index (χ0) is 24.1. The topological polar surface area (TPSA) is 62.1 Å². The van der Waals surface area contributed by atoms with Crippen LogP contribution in [0.5, 0.6) is 5.75 Å². The summed E-state index contributed by atoms with van der Waals surface area (Å²) >= 11 is 3.49. The van der Waals surface area contributed by atoms with Crippen LogP contribution >= 0.6 is 15.9 Å². The van der Waals surface area contributed by atoms with Gasteiger partial charge in [0.25, 0.3) is 5.91 Å². The fourth-order valence-electron chi connectivity index (χ4n) is 3.67. The number of rotatable bonds is 6. The molecule has 4 nitrogen and oxygen atoms in total. The Morgan fingerprint density at radius 1 is 1.00 bits per heavy atom. The predicted molar refractivity (Wildman–Crippen MR) is 142 cm³/mol. The molecule has 0 radical (unpaired) electrons. The van der Waals surface area contributed by atoms with Crippen LogP contribution in [-0.4, -0.2) is 12.5 Å². The highest BCUT2D eigenvalue weighted by Gasteiger charge is 2.09. The number of amides is 1. The first-order valence-corrected chi connectivity index (χ1v) is 11.6. The Bertz CT molecular complexity index is 1430. The monoisotopic (exact) mass is 510 g/mol. The normalized spacial score (nSPS) is 11.2. The van der Waals surface area contributed by atoms with E-state index in [1.54, 1.807) is 12.1 Å². The molecule has 0 fully saturated rings. The molecule has 0 atom stereocenters. The molecule has 5 heteroatoms. The number of hydrogen-bond acceptors (Lipinski definition) is 3. The molecule has 168 valence electrons.